The number of aliphatic hydroxyl groups is 1. The van der Waals surface area contributed by atoms with Gasteiger partial charge in [0.1, 0.15) is 0 Å². The molecule has 0 aliphatic carbocycles. The second-order valence-electron chi connectivity index (χ2n) is 7.93. The van der Waals surface area contributed by atoms with Crippen LogP contribution in [0.1, 0.15) is 0 Å². The molecule has 1 aliphatic heterocycles. The molecule has 0 amide bonds. The Morgan fingerprint density at radius 2 is 1.15 bits per heavy atom. The van der Waals surface area contributed by atoms with Crippen LogP contribution < -0.4 is 4.72 Å². The number of aliphatic hydroxyl groups excluding tert-OH is 1. The van der Waals surface area contributed by atoms with Crippen LogP contribution in [0.25, 0.3) is 0 Å². The summed E-state index contributed by atoms with van der Waals surface area (Å²) in [5.41, 5.74) is 0. The summed E-state index contributed by atoms with van der Waals surface area (Å²) in [6, 6.07) is 0. The van der Waals surface area contributed by atoms with Gasteiger partial charge in [-0.2, -0.15) is 0 Å². The van der Waals surface area contributed by atoms with E-state index >= 15 is 0 Å². The Morgan fingerprint density at radius 3 is 1.47 bits per heavy atom. The van der Waals surface area contributed by atoms with Crippen LogP contribution in [0.2, 0.25) is 2.20 Å². The monoisotopic (exact) mass is 655 g/mol. The molecule has 1 atom stereocenters. The van der Waals surface area contributed by atoms with E-state index in [0.29, 0.717) is 54.6 Å². The Bertz CT molecular complexity index is 741. The van der Waals surface area contributed by atoms with Gasteiger partial charge in [0.25, 0.3) is 0 Å². The van der Waals surface area contributed by atoms with Crippen molar-refractivity contribution in [2.75, 3.05) is 84.8 Å². The third kappa shape index (κ3) is 16.2. The Morgan fingerprint density at radius 1 is 0.794 bits per heavy atom. The number of nitrogens with one attached hydrogen (secondary N) is 1. The predicted molar refractivity (Wildman–Crippen MR) is 117 cm³/mol. The zero-order valence-electron chi connectivity index (χ0n) is 19.2. The molecule has 0 aromatic rings. The fraction of sp³-hybridized carbons (Fsp3) is 0.833. The van der Waals surface area contributed by atoms with Crippen molar-refractivity contribution in [3.05, 3.63) is 0 Å². The average Bonchev–Trinajstić information content (AvgIpc) is 2.70. The minimum atomic E-state index is -3.41. The first kappa shape index (κ1) is 31.5. The molecule has 0 saturated carbocycles. The zero-order chi connectivity index (χ0) is 25.7. The minimum absolute atomic E-state index is 0.0879. The molecule has 1 unspecified atom stereocenters. The second kappa shape index (κ2) is 16.2. The maximum absolute atomic E-state index is 11.3. The number of aliphatic carboxylic acids is 3. The molecule has 1 heterocycles. The number of sulfonamides is 1. The van der Waals surface area contributed by atoms with Gasteiger partial charge in [-0.1, -0.05) is 0 Å². The van der Waals surface area contributed by atoms with Crippen molar-refractivity contribution in [1.82, 2.24) is 20.5 Å². The second-order valence-corrected chi connectivity index (χ2v) is 12.8. The van der Waals surface area contributed by atoms with Crippen LogP contribution in [-0.4, -0.2) is 153 Å². The summed E-state index contributed by atoms with van der Waals surface area (Å²) in [5.74, 6) is -2.99. The SMILES string of the molecule is CS(=O)(=O)NCC(O)[CH2][Gd][N]1CCN(CC(=O)O)CCN(CC(=O)O)CCN(CC(=O)O)CC1. The first-order valence-corrected chi connectivity index (χ1v) is 15.1. The van der Waals surface area contributed by atoms with E-state index in [1.807, 2.05) is 0 Å². The Kier molecular flexibility index (Phi) is 15.0. The van der Waals surface area contributed by atoms with Gasteiger partial charge in [0.2, 0.25) is 0 Å². The molecule has 0 spiro atoms. The number of carboxylic acid groups (broad SMARTS) is 3. The molecule has 200 valence electrons. The van der Waals surface area contributed by atoms with E-state index in [4.69, 9.17) is 0 Å². The van der Waals surface area contributed by atoms with E-state index in [2.05, 4.69) is 5.82 Å². The number of carboxylic acids is 3. The van der Waals surface area contributed by atoms with E-state index < -0.39 is 70.3 Å². The van der Waals surface area contributed by atoms with Crippen LogP contribution in [0, 0.1) is 36.3 Å². The van der Waals surface area contributed by atoms with Gasteiger partial charge in [0, 0.05) is 0 Å². The number of hydrogen-bond donors (Lipinski definition) is 5. The first-order valence-electron chi connectivity index (χ1n) is 10.6. The van der Waals surface area contributed by atoms with Crippen LogP contribution in [-0.2, 0) is 24.4 Å². The molecule has 0 aromatic carbocycles. The molecule has 34 heavy (non-hydrogen) atoms. The molecule has 0 bridgehead atoms. The number of carbonyl (C=O) groups is 3. The summed E-state index contributed by atoms with van der Waals surface area (Å²) in [7, 11) is -3.41. The average molecular weight is 655 g/mol. The Hall–Kier alpha value is -0.555. The van der Waals surface area contributed by atoms with Gasteiger partial charge in [-0.3, -0.25) is 0 Å². The molecule has 1 fully saturated rings. The van der Waals surface area contributed by atoms with Crippen LogP contribution in [0.3, 0.4) is 0 Å². The summed E-state index contributed by atoms with van der Waals surface area (Å²) >= 11 is -1.04. The molecule has 1 aliphatic rings. The summed E-state index contributed by atoms with van der Waals surface area (Å²) in [6.07, 6.45) is 0.164. The molecular formula is C18H35GdN5O9S. The Balaban J connectivity index is 2.87. The summed E-state index contributed by atoms with van der Waals surface area (Å²) in [5, 5.41) is 37.8. The normalized spacial score (nSPS) is 19.8. The third-order valence-corrected chi connectivity index (χ3v) is 9.02. The van der Waals surface area contributed by atoms with Crippen molar-refractivity contribution in [3.63, 3.8) is 0 Å². The first-order chi connectivity index (χ1) is 15.8. The van der Waals surface area contributed by atoms with E-state index in [-0.39, 0.29) is 26.2 Å². The molecule has 0 aromatic heterocycles. The van der Waals surface area contributed by atoms with Crippen LogP contribution >= 0.6 is 0 Å². The quantitative estimate of drug-likeness (QED) is 0.142. The summed E-state index contributed by atoms with van der Waals surface area (Å²) in [6.45, 7) is 2.48. The van der Waals surface area contributed by atoms with Gasteiger partial charge in [-0.25, -0.2) is 0 Å². The van der Waals surface area contributed by atoms with Crippen molar-refractivity contribution in [2.45, 2.75) is 8.30 Å². The zero-order valence-corrected chi connectivity index (χ0v) is 22.2. The van der Waals surface area contributed by atoms with Crippen LogP contribution in [0.5, 0.6) is 0 Å². The van der Waals surface area contributed by atoms with Gasteiger partial charge in [-0.05, 0) is 0 Å². The van der Waals surface area contributed by atoms with Gasteiger partial charge in [0.05, 0.1) is 0 Å². The van der Waals surface area contributed by atoms with Gasteiger partial charge in [0.15, 0.2) is 0 Å². The van der Waals surface area contributed by atoms with Crippen LogP contribution in [0.15, 0.2) is 0 Å². The molecule has 14 nitrogen and oxygen atoms in total. The van der Waals surface area contributed by atoms with E-state index in [1.54, 1.807) is 14.7 Å². The fourth-order valence-electron chi connectivity index (χ4n) is 3.13. The molecule has 1 rings (SSSR count). The molecular weight excluding hydrogens is 620 g/mol. The molecule has 1 saturated heterocycles. The van der Waals surface area contributed by atoms with Gasteiger partial charge >= 0.3 is 221 Å². The topological polar surface area (TPSA) is 191 Å². The van der Waals surface area contributed by atoms with Crippen LogP contribution in [0.4, 0.5) is 0 Å². The van der Waals surface area contributed by atoms with Crippen molar-refractivity contribution < 1.29 is 79.5 Å². The van der Waals surface area contributed by atoms with Gasteiger partial charge in [-0.15, -0.1) is 0 Å². The summed E-state index contributed by atoms with van der Waals surface area (Å²) < 4.78 is 27.2. The van der Waals surface area contributed by atoms with Crippen molar-refractivity contribution in [2.24, 2.45) is 0 Å². The maximum atomic E-state index is 11.3. The van der Waals surface area contributed by atoms with Gasteiger partial charge < -0.3 is 0 Å². The van der Waals surface area contributed by atoms with Crippen molar-refractivity contribution in [1.29, 1.82) is 0 Å². The number of hydrogen-bond acceptors (Lipinski definition) is 10. The molecule has 16 heteroatoms. The van der Waals surface area contributed by atoms with Crippen molar-refractivity contribution >= 4 is 27.9 Å². The third-order valence-electron chi connectivity index (χ3n) is 4.82. The van der Waals surface area contributed by atoms with Crippen molar-refractivity contribution in [3.8, 4) is 0 Å². The summed E-state index contributed by atoms with van der Waals surface area (Å²) in [4.78, 5) is 38.9. The van der Waals surface area contributed by atoms with E-state index in [0.717, 1.165) is 6.26 Å². The predicted octanol–water partition coefficient (Wildman–Crippen LogP) is -3.21. The Labute approximate surface area is 219 Å². The number of rotatable bonds is 12. The fourth-order valence-corrected chi connectivity index (χ4v) is 6.19. The number of nitrogens with zero attached hydrogens (tertiary/aromatic N) is 4. The van der Waals surface area contributed by atoms with E-state index in [1.165, 1.54) is 0 Å². The molecule has 5 N–H and O–H groups in total. The standard InChI is InChI=1S/C14H25N4O6.C4H10NO3S.Gd/c19-12(20)9-16-3-1-15-2-4-17(10-13(21)22)6-8-18(7-5-16)11-14(23)24;1-4(6)3-5-9(2,7)8;/h1-11H2,(H,19,20)(H,21,22)(H,23,24);4-6H,1,3H2,2H3;/q-1;;+1. The molecule has 0 radical (unpaired) electrons. The van der Waals surface area contributed by atoms with E-state index in [9.17, 15) is 43.2 Å².